The summed E-state index contributed by atoms with van der Waals surface area (Å²) in [6, 6.07) is 11.5. The summed E-state index contributed by atoms with van der Waals surface area (Å²) in [4.78, 5) is 7.90. The normalized spacial score (nSPS) is 11.6. The molecule has 1 atom stereocenters. The zero-order valence-electron chi connectivity index (χ0n) is 17.7. The summed E-state index contributed by atoms with van der Waals surface area (Å²) >= 11 is 0. The third-order valence-corrected chi connectivity index (χ3v) is 5.13. The van der Waals surface area contributed by atoms with Gasteiger partial charge < -0.3 is 5.32 Å². The first-order valence-corrected chi connectivity index (χ1v) is 10.1. The summed E-state index contributed by atoms with van der Waals surface area (Å²) < 4.78 is 28.9. The van der Waals surface area contributed by atoms with Crippen molar-refractivity contribution in [3.8, 4) is 17.5 Å². The summed E-state index contributed by atoms with van der Waals surface area (Å²) in [5.74, 6) is 4.87. The van der Waals surface area contributed by atoms with E-state index in [4.69, 9.17) is 0 Å². The predicted molar refractivity (Wildman–Crippen MR) is 118 cm³/mol. The molecule has 0 bridgehead atoms. The molecule has 160 valence electrons. The molecular formula is C25H21F2N5. The molecule has 4 rings (SSSR count). The first-order chi connectivity index (χ1) is 15.5. The standard InChI is InChI=1S/C25H21F2N5/c1-17(23-15-31-32(18(23)2)25-10-9-22(26)11-24(25)27)30-14-20-6-3-19(4-7-20)5-8-21-12-28-16-29-13-21/h3-4,6-7,9-13,15-17,30H,14H2,1-2H3. The fourth-order valence-corrected chi connectivity index (χ4v) is 3.34. The van der Waals surface area contributed by atoms with Crippen LogP contribution in [0.1, 0.15) is 40.9 Å². The molecule has 2 aromatic heterocycles. The van der Waals surface area contributed by atoms with Gasteiger partial charge in [-0.05, 0) is 43.7 Å². The van der Waals surface area contributed by atoms with E-state index in [1.54, 1.807) is 18.6 Å². The highest BCUT2D eigenvalue weighted by molar-refractivity contribution is 5.42. The van der Waals surface area contributed by atoms with E-state index in [0.29, 0.717) is 6.54 Å². The largest absolute Gasteiger partial charge is 0.306 e. The van der Waals surface area contributed by atoms with Gasteiger partial charge in [0.25, 0.3) is 0 Å². The number of nitrogens with one attached hydrogen (secondary N) is 1. The molecule has 0 saturated heterocycles. The van der Waals surface area contributed by atoms with Crippen molar-refractivity contribution in [3.63, 3.8) is 0 Å². The Bertz CT molecular complexity index is 1270. The van der Waals surface area contributed by atoms with Crippen molar-refractivity contribution in [2.24, 2.45) is 0 Å². The Hall–Kier alpha value is -3.89. The molecule has 1 unspecified atom stereocenters. The second-order valence-corrected chi connectivity index (χ2v) is 7.37. The Morgan fingerprint density at radius 2 is 1.69 bits per heavy atom. The average Bonchev–Trinajstić information content (AvgIpc) is 3.18. The second kappa shape index (κ2) is 9.50. The first kappa shape index (κ1) is 21.3. The van der Waals surface area contributed by atoms with Crippen LogP contribution in [0.15, 0.2) is 67.4 Å². The summed E-state index contributed by atoms with van der Waals surface area (Å²) in [5, 5.41) is 7.76. The molecule has 2 aromatic carbocycles. The minimum Gasteiger partial charge on any atom is -0.306 e. The molecule has 0 amide bonds. The zero-order chi connectivity index (χ0) is 22.5. The van der Waals surface area contributed by atoms with Crippen molar-refractivity contribution in [1.82, 2.24) is 25.1 Å². The Kier molecular flexibility index (Phi) is 6.34. The third kappa shape index (κ3) is 4.88. The van der Waals surface area contributed by atoms with Gasteiger partial charge in [0.05, 0.1) is 11.8 Å². The Labute approximate surface area is 185 Å². The summed E-state index contributed by atoms with van der Waals surface area (Å²) in [6.07, 6.45) is 6.53. The van der Waals surface area contributed by atoms with Crippen molar-refractivity contribution in [1.29, 1.82) is 0 Å². The Morgan fingerprint density at radius 3 is 2.41 bits per heavy atom. The van der Waals surface area contributed by atoms with Gasteiger partial charge in [0.15, 0.2) is 5.82 Å². The van der Waals surface area contributed by atoms with Gasteiger partial charge in [-0.2, -0.15) is 5.10 Å². The zero-order valence-corrected chi connectivity index (χ0v) is 17.7. The minimum atomic E-state index is -0.647. The average molecular weight is 429 g/mol. The van der Waals surface area contributed by atoms with Gasteiger partial charge in [-0.1, -0.05) is 24.0 Å². The molecule has 0 aliphatic rings. The maximum atomic E-state index is 14.1. The van der Waals surface area contributed by atoms with Crippen molar-refractivity contribution in [3.05, 3.63) is 107 Å². The van der Waals surface area contributed by atoms with Crippen LogP contribution in [0.25, 0.3) is 5.69 Å². The summed E-state index contributed by atoms with van der Waals surface area (Å²) in [6.45, 7) is 4.54. The molecule has 0 saturated carbocycles. The van der Waals surface area contributed by atoms with Gasteiger partial charge in [-0.15, -0.1) is 0 Å². The minimum absolute atomic E-state index is 0.00944. The molecule has 1 N–H and O–H groups in total. The molecule has 32 heavy (non-hydrogen) atoms. The highest BCUT2D eigenvalue weighted by Gasteiger charge is 2.16. The molecule has 0 fully saturated rings. The molecule has 5 nitrogen and oxygen atoms in total. The molecular weight excluding hydrogens is 408 g/mol. The quantitative estimate of drug-likeness (QED) is 0.475. The van der Waals surface area contributed by atoms with Crippen molar-refractivity contribution in [2.45, 2.75) is 26.4 Å². The van der Waals surface area contributed by atoms with Crippen LogP contribution in [-0.4, -0.2) is 19.7 Å². The fraction of sp³-hybridized carbons (Fsp3) is 0.160. The third-order valence-electron chi connectivity index (χ3n) is 5.13. The van der Waals surface area contributed by atoms with Crippen molar-refractivity contribution >= 4 is 0 Å². The van der Waals surface area contributed by atoms with E-state index in [1.165, 1.54) is 23.1 Å². The maximum Gasteiger partial charge on any atom is 0.151 e. The first-order valence-electron chi connectivity index (χ1n) is 10.1. The molecule has 0 spiro atoms. The number of benzene rings is 2. The van der Waals surface area contributed by atoms with E-state index >= 15 is 0 Å². The van der Waals surface area contributed by atoms with E-state index in [-0.39, 0.29) is 11.7 Å². The maximum absolute atomic E-state index is 14.1. The van der Waals surface area contributed by atoms with E-state index in [2.05, 4.69) is 32.2 Å². The van der Waals surface area contributed by atoms with Crippen LogP contribution in [-0.2, 0) is 6.54 Å². The smallest absolute Gasteiger partial charge is 0.151 e. The van der Waals surface area contributed by atoms with Gasteiger partial charge in [-0.25, -0.2) is 23.4 Å². The molecule has 0 radical (unpaired) electrons. The lowest BCUT2D eigenvalue weighted by atomic mass is 10.1. The van der Waals surface area contributed by atoms with Gasteiger partial charge >= 0.3 is 0 Å². The number of hydrogen-bond acceptors (Lipinski definition) is 4. The van der Waals surface area contributed by atoms with Gasteiger partial charge in [0.2, 0.25) is 0 Å². The van der Waals surface area contributed by atoms with Crippen LogP contribution < -0.4 is 5.32 Å². The molecule has 7 heteroatoms. The van der Waals surface area contributed by atoms with E-state index < -0.39 is 11.6 Å². The summed E-state index contributed by atoms with van der Waals surface area (Å²) in [5.41, 5.74) is 4.75. The van der Waals surface area contributed by atoms with Crippen LogP contribution in [0.4, 0.5) is 8.78 Å². The fourth-order valence-electron chi connectivity index (χ4n) is 3.34. The lowest BCUT2D eigenvalue weighted by molar-refractivity contribution is 0.566. The second-order valence-electron chi connectivity index (χ2n) is 7.37. The van der Waals surface area contributed by atoms with E-state index in [1.807, 2.05) is 38.1 Å². The van der Waals surface area contributed by atoms with Crippen LogP contribution in [0.5, 0.6) is 0 Å². The van der Waals surface area contributed by atoms with Crippen molar-refractivity contribution < 1.29 is 8.78 Å². The van der Waals surface area contributed by atoms with Crippen LogP contribution >= 0.6 is 0 Å². The highest BCUT2D eigenvalue weighted by Crippen LogP contribution is 2.22. The molecule has 0 aliphatic heterocycles. The number of aromatic nitrogens is 4. The summed E-state index contributed by atoms with van der Waals surface area (Å²) in [7, 11) is 0. The SMILES string of the molecule is Cc1c(C(C)NCc2ccc(C#Cc3cncnc3)cc2)cnn1-c1ccc(F)cc1F. The topological polar surface area (TPSA) is 55.6 Å². The molecule has 0 aliphatic carbocycles. The monoisotopic (exact) mass is 429 g/mol. The van der Waals surface area contributed by atoms with E-state index in [0.717, 1.165) is 34.0 Å². The number of halogens is 2. The van der Waals surface area contributed by atoms with Crippen LogP contribution in [0.2, 0.25) is 0 Å². The number of nitrogens with zero attached hydrogens (tertiary/aromatic N) is 4. The predicted octanol–water partition coefficient (Wildman–Crippen LogP) is 4.50. The lowest BCUT2D eigenvalue weighted by Crippen LogP contribution is -2.18. The lowest BCUT2D eigenvalue weighted by Gasteiger charge is -2.14. The van der Waals surface area contributed by atoms with Gasteiger partial charge in [0.1, 0.15) is 17.8 Å². The van der Waals surface area contributed by atoms with Gasteiger partial charge in [-0.3, -0.25) is 0 Å². The van der Waals surface area contributed by atoms with Gasteiger partial charge in [0, 0.05) is 47.9 Å². The number of hydrogen-bond donors (Lipinski definition) is 1. The highest BCUT2D eigenvalue weighted by atomic mass is 19.1. The molecule has 4 aromatic rings. The Balaban J connectivity index is 1.40. The Morgan fingerprint density at radius 1 is 0.969 bits per heavy atom. The molecule has 2 heterocycles. The van der Waals surface area contributed by atoms with Crippen molar-refractivity contribution in [2.75, 3.05) is 0 Å². The number of rotatable bonds is 5. The van der Waals surface area contributed by atoms with Crippen LogP contribution in [0, 0.1) is 30.4 Å². The van der Waals surface area contributed by atoms with Crippen LogP contribution in [0.3, 0.4) is 0 Å². The van der Waals surface area contributed by atoms with E-state index in [9.17, 15) is 8.78 Å².